The minimum absolute atomic E-state index is 0.0312. The molecule has 3 aromatic heterocycles. The highest BCUT2D eigenvalue weighted by Crippen LogP contribution is 2.30. The monoisotopic (exact) mass is 463 g/mol. The van der Waals surface area contributed by atoms with Crippen LogP contribution in [-0.2, 0) is 17.8 Å². The van der Waals surface area contributed by atoms with Gasteiger partial charge in [-0.05, 0) is 61.4 Å². The second-order valence-corrected chi connectivity index (χ2v) is 8.94. The average molecular weight is 464 g/mol. The molecule has 1 atom stereocenters. The predicted molar refractivity (Wildman–Crippen MR) is 127 cm³/mol. The molecule has 0 bridgehead atoms. The Bertz CT molecular complexity index is 1180. The summed E-state index contributed by atoms with van der Waals surface area (Å²) in [6.07, 6.45) is 5.80. The molecule has 1 fully saturated rings. The van der Waals surface area contributed by atoms with Crippen molar-refractivity contribution in [2.24, 2.45) is 5.92 Å². The molecular formula is C25H29N5O4. The third-order valence-corrected chi connectivity index (χ3v) is 6.70. The van der Waals surface area contributed by atoms with Gasteiger partial charge in [-0.2, -0.15) is 0 Å². The number of carbonyl (C=O) groups is 1. The molecule has 9 nitrogen and oxygen atoms in total. The van der Waals surface area contributed by atoms with E-state index in [1.165, 1.54) is 0 Å². The summed E-state index contributed by atoms with van der Waals surface area (Å²) in [7, 11) is 1.60. The topological polar surface area (TPSA) is 118 Å². The zero-order valence-corrected chi connectivity index (χ0v) is 19.2. The van der Waals surface area contributed by atoms with E-state index >= 15 is 0 Å². The first-order valence-electron chi connectivity index (χ1n) is 11.7. The van der Waals surface area contributed by atoms with Gasteiger partial charge in [0.1, 0.15) is 0 Å². The molecule has 0 unspecified atom stereocenters. The van der Waals surface area contributed by atoms with Crippen LogP contribution in [0.3, 0.4) is 0 Å². The van der Waals surface area contributed by atoms with Crippen molar-refractivity contribution >= 4 is 22.8 Å². The van der Waals surface area contributed by atoms with Gasteiger partial charge >= 0.3 is 0 Å². The number of carbonyl (C=O) groups excluding carboxylic acids is 1. The van der Waals surface area contributed by atoms with Gasteiger partial charge in [0.05, 0.1) is 29.9 Å². The minimum atomic E-state index is -0.425. The molecule has 2 aliphatic rings. The van der Waals surface area contributed by atoms with E-state index in [0.29, 0.717) is 36.5 Å². The lowest BCUT2D eigenvalue weighted by Gasteiger charge is -2.32. The number of fused-ring (bicyclic) bond motifs is 2. The van der Waals surface area contributed by atoms with Crippen LogP contribution in [0.4, 0.5) is 5.82 Å². The van der Waals surface area contributed by atoms with Crippen LogP contribution in [0, 0.1) is 5.92 Å². The smallest absolute Gasteiger partial charge is 0.263 e. The van der Waals surface area contributed by atoms with Crippen LogP contribution in [-0.4, -0.2) is 51.8 Å². The largest absolute Gasteiger partial charge is 0.481 e. The molecule has 0 radical (unpaired) electrons. The van der Waals surface area contributed by atoms with Crippen LogP contribution >= 0.6 is 0 Å². The summed E-state index contributed by atoms with van der Waals surface area (Å²) in [5.74, 6) is 1.70. The first kappa shape index (κ1) is 22.5. The summed E-state index contributed by atoms with van der Waals surface area (Å²) in [6.45, 7) is 0.654. The molecule has 3 aromatic rings. The summed E-state index contributed by atoms with van der Waals surface area (Å²) in [4.78, 5) is 24.9. The van der Waals surface area contributed by atoms with Gasteiger partial charge in [0.15, 0.2) is 18.2 Å². The Morgan fingerprint density at radius 3 is 2.85 bits per heavy atom. The van der Waals surface area contributed by atoms with Crippen molar-refractivity contribution < 1.29 is 19.4 Å². The van der Waals surface area contributed by atoms with Gasteiger partial charge in [-0.3, -0.25) is 9.78 Å². The number of methoxy groups -OCH3 is 1. The molecule has 1 aliphatic carbocycles. The molecule has 1 amide bonds. The van der Waals surface area contributed by atoms with Gasteiger partial charge in [0.25, 0.3) is 5.91 Å². The Labute approximate surface area is 197 Å². The third-order valence-electron chi connectivity index (χ3n) is 6.70. The quantitative estimate of drug-likeness (QED) is 0.489. The molecule has 9 heteroatoms. The minimum Gasteiger partial charge on any atom is -0.481 e. The summed E-state index contributed by atoms with van der Waals surface area (Å²) in [5, 5.41) is 17.3. The second kappa shape index (κ2) is 9.90. The zero-order valence-electron chi connectivity index (χ0n) is 19.2. The highest BCUT2D eigenvalue weighted by atomic mass is 16.5. The van der Waals surface area contributed by atoms with E-state index in [4.69, 9.17) is 9.47 Å². The number of hydrogen-bond donors (Lipinski definition) is 3. The van der Waals surface area contributed by atoms with Gasteiger partial charge in [0.2, 0.25) is 5.88 Å². The number of aliphatic hydroxyl groups is 1. The maximum atomic E-state index is 11.5. The Hall–Kier alpha value is -3.30. The van der Waals surface area contributed by atoms with E-state index in [1.54, 1.807) is 19.4 Å². The Kier molecular flexibility index (Phi) is 6.55. The standard InChI is InChI=1S/C25H29N5O4/c1-33-23-9-7-19-24(30-23)16(10-11-26-19)12-20(31)15-2-4-17(5-3-15)27-13-18-6-8-21-25(28-18)29-22(32)14-34-21/h6-11,15,17,20,27,31H,2-5,12-14H2,1H3,(H,28,29,32)/t15?,17?,20-/m1/s1. The molecule has 1 aliphatic heterocycles. The summed E-state index contributed by atoms with van der Waals surface area (Å²) in [5.41, 5.74) is 3.45. The fraction of sp³-hybridized carbons (Fsp3) is 0.440. The normalized spacial score (nSPS) is 20.8. The molecule has 0 saturated heterocycles. The summed E-state index contributed by atoms with van der Waals surface area (Å²) < 4.78 is 10.6. The SMILES string of the molecule is COc1ccc2nccc(C[C@@H](O)C3CCC(NCc4ccc5c(n4)NC(=O)CO5)CC3)c2n1. The van der Waals surface area contributed by atoms with Crippen molar-refractivity contribution in [3.05, 3.63) is 47.8 Å². The number of nitrogens with one attached hydrogen (secondary N) is 2. The second-order valence-electron chi connectivity index (χ2n) is 8.94. The maximum Gasteiger partial charge on any atom is 0.263 e. The van der Waals surface area contributed by atoms with E-state index in [2.05, 4.69) is 25.6 Å². The number of ether oxygens (including phenoxy) is 2. The molecular weight excluding hydrogens is 434 g/mol. The van der Waals surface area contributed by atoms with Gasteiger partial charge in [-0.1, -0.05) is 0 Å². The van der Waals surface area contributed by atoms with E-state index < -0.39 is 6.10 Å². The Morgan fingerprint density at radius 1 is 1.18 bits per heavy atom. The molecule has 4 heterocycles. The summed E-state index contributed by atoms with van der Waals surface area (Å²) >= 11 is 0. The Morgan fingerprint density at radius 2 is 2.03 bits per heavy atom. The van der Waals surface area contributed by atoms with E-state index in [9.17, 15) is 9.90 Å². The lowest BCUT2D eigenvalue weighted by Crippen LogP contribution is -2.36. The van der Waals surface area contributed by atoms with Crippen LogP contribution in [0.5, 0.6) is 11.6 Å². The number of amides is 1. The number of nitrogens with zero attached hydrogens (tertiary/aromatic N) is 3. The lowest BCUT2D eigenvalue weighted by atomic mass is 9.81. The lowest BCUT2D eigenvalue weighted by molar-refractivity contribution is -0.118. The first-order chi connectivity index (χ1) is 16.6. The fourth-order valence-corrected chi connectivity index (χ4v) is 4.79. The number of aromatic nitrogens is 3. The molecule has 3 N–H and O–H groups in total. The number of rotatable bonds is 7. The van der Waals surface area contributed by atoms with E-state index in [1.807, 2.05) is 24.3 Å². The van der Waals surface area contributed by atoms with E-state index in [-0.39, 0.29) is 18.4 Å². The van der Waals surface area contributed by atoms with Crippen molar-refractivity contribution in [2.45, 2.75) is 50.8 Å². The maximum absolute atomic E-state index is 11.5. The number of pyridine rings is 3. The van der Waals surface area contributed by atoms with Crippen LogP contribution in [0.15, 0.2) is 36.5 Å². The molecule has 34 heavy (non-hydrogen) atoms. The third kappa shape index (κ3) is 4.95. The molecule has 0 aromatic carbocycles. The molecule has 1 saturated carbocycles. The van der Waals surface area contributed by atoms with Crippen molar-refractivity contribution in [2.75, 3.05) is 19.0 Å². The number of aliphatic hydroxyl groups excluding tert-OH is 1. The highest BCUT2D eigenvalue weighted by Gasteiger charge is 2.27. The molecule has 5 rings (SSSR count). The van der Waals surface area contributed by atoms with E-state index in [0.717, 1.165) is 48.0 Å². The highest BCUT2D eigenvalue weighted by molar-refractivity contribution is 5.94. The number of hydrogen-bond acceptors (Lipinski definition) is 8. The molecule has 0 spiro atoms. The van der Waals surface area contributed by atoms with Crippen molar-refractivity contribution in [1.29, 1.82) is 0 Å². The molecule has 178 valence electrons. The predicted octanol–water partition coefficient (Wildman–Crippen LogP) is 2.62. The van der Waals surface area contributed by atoms with Crippen molar-refractivity contribution in [3.8, 4) is 11.6 Å². The van der Waals surface area contributed by atoms with Gasteiger partial charge in [0, 0.05) is 31.3 Å². The fourth-order valence-electron chi connectivity index (χ4n) is 4.79. The van der Waals surface area contributed by atoms with Crippen LogP contribution in [0.1, 0.15) is 36.9 Å². The van der Waals surface area contributed by atoms with Crippen molar-refractivity contribution in [1.82, 2.24) is 20.3 Å². The Balaban J connectivity index is 1.14. The van der Waals surface area contributed by atoms with Crippen LogP contribution < -0.4 is 20.1 Å². The summed E-state index contributed by atoms with van der Waals surface area (Å²) in [6, 6.07) is 9.77. The van der Waals surface area contributed by atoms with Gasteiger partial charge in [-0.15, -0.1) is 0 Å². The van der Waals surface area contributed by atoms with Crippen LogP contribution in [0.25, 0.3) is 11.0 Å². The zero-order chi connectivity index (χ0) is 23.5. The average Bonchev–Trinajstić information content (AvgIpc) is 2.87. The van der Waals surface area contributed by atoms with Gasteiger partial charge in [-0.25, -0.2) is 9.97 Å². The van der Waals surface area contributed by atoms with Gasteiger partial charge < -0.3 is 25.2 Å². The van der Waals surface area contributed by atoms with Crippen molar-refractivity contribution in [3.63, 3.8) is 0 Å². The number of anilines is 1. The van der Waals surface area contributed by atoms with Crippen LogP contribution in [0.2, 0.25) is 0 Å². The first-order valence-corrected chi connectivity index (χ1v) is 11.7.